The molecular formula is C18H24N4O5S. The number of benzene rings is 1. The average molecular weight is 408 g/mol. The summed E-state index contributed by atoms with van der Waals surface area (Å²) in [6.45, 7) is 3.00. The lowest BCUT2D eigenvalue weighted by atomic mass is 10.1. The van der Waals surface area contributed by atoms with E-state index in [0.29, 0.717) is 31.9 Å². The molecule has 28 heavy (non-hydrogen) atoms. The summed E-state index contributed by atoms with van der Waals surface area (Å²) in [5.74, 6) is -1.51. The highest BCUT2D eigenvalue weighted by Gasteiger charge is 2.29. The number of nitrogens with one attached hydrogen (secondary N) is 2. The first-order valence-electron chi connectivity index (χ1n) is 8.85. The van der Waals surface area contributed by atoms with Gasteiger partial charge < -0.3 is 20.3 Å². The molecule has 1 aliphatic rings. The Hall–Kier alpha value is -2.64. The van der Waals surface area contributed by atoms with Gasteiger partial charge in [-0.2, -0.15) is 5.26 Å². The van der Waals surface area contributed by atoms with Gasteiger partial charge in [-0.25, -0.2) is 13.2 Å². The van der Waals surface area contributed by atoms with E-state index >= 15 is 0 Å². The average Bonchev–Trinajstić information content (AvgIpc) is 2.67. The molecule has 0 saturated carbocycles. The summed E-state index contributed by atoms with van der Waals surface area (Å²) in [6.07, 6.45) is 0. The Morgan fingerprint density at radius 3 is 2.61 bits per heavy atom. The van der Waals surface area contributed by atoms with Crippen molar-refractivity contribution in [3.63, 3.8) is 0 Å². The van der Waals surface area contributed by atoms with Crippen molar-refractivity contribution in [1.82, 2.24) is 15.5 Å². The molecule has 1 aliphatic heterocycles. The van der Waals surface area contributed by atoms with Crippen LogP contribution in [0.25, 0.3) is 0 Å². The van der Waals surface area contributed by atoms with Crippen molar-refractivity contribution in [2.75, 3.05) is 38.6 Å². The number of carbonyl (C=O) groups excluding carboxylic acids is 2. The molecule has 3 amide bonds. The Labute approximate surface area is 164 Å². The Kier molecular flexibility index (Phi) is 7.78. The third-order valence-electron chi connectivity index (χ3n) is 4.31. The highest BCUT2D eigenvalue weighted by atomic mass is 32.2. The zero-order valence-corrected chi connectivity index (χ0v) is 16.5. The van der Waals surface area contributed by atoms with Gasteiger partial charge in [0.05, 0.1) is 30.8 Å². The molecular weight excluding hydrogens is 384 g/mol. The first-order chi connectivity index (χ1) is 13.3. The van der Waals surface area contributed by atoms with Crippen molar-refractivity contribution in [3.05, 3.63) is 35.4 Å². The molecule has 1 heterocycles. The second kappa shape index (κ2) is 10.1. The molecule has 1 saturated heterocycles. The monoisotopic (exact) mass is 408 g/mol. The minimum atomic E-state index is -3.70. The van der Waals surface area contributed by atoms with Crippen LogP contribution in [0, 0.1) is 18.3 Å². The number of nitriles is 1. The summed E-state index contributed by atoms with van der Waals surface area (Å²) in [5, 5.41) is 13.4. The highest BCUT2D eigenvalue weighted by molar-refractivity contribution is 7.90. The first-order valence-corrected chi connectivity index (χ1v) is 10.7. The van der Waals surface area contributed by atoms with Gasteiger partial charge in [0.1, 0.15) is 12.6 Å². The number of rotatable bonds is 7. The number of ether oxygens (including phenoxy) is 1. The van der Waals surface area contributed by atoms with E-state index in [9.17, 15) is 18.0 Å². The SMILES string of the molecule is Cc1ccccc1CS(=O)(=O)C[C@H](NC(=O)N1CCOCC1)C(=O)NCC#N. The fraction of sp³-hybridized carbons (Fsp3) is 0.500. The molecule has 9 nitrogen and oxygen atoms in total. The number of amides is 3. The van der Waals surface area contributed by atoms with E-state index in [2.05, 4.69) is 10.6 Å². The predicted molar refractivity (Wildman–Crippen MR) is 102 cm³/mol. The van der Waals surface area contributed by atoms with E-state index in [0.717, 1.165) is 5.56 Å². The van der Waals surface area contributed by atoms with Gasteiger partial charge in [0.15, 0.2) is 9.84 Å². The predicted octanol–water partition coefficient (Wildman–Crippen LogP) is -0.0400. The fourth-order valence-corrected chi connectivity index (χ4v) is 4.42. The molecule has 0 radical (unpaired) electrons. The molecule has 2 rings (SSSR count). The summed E-state index contributed by atoms with van der Waals surface area (Å²) in [7, 11) is -3.70. The maximum atomic E-state index is 12.7. The van der Waals surface area contributed by atoms with E-state index < -0.39 is 33.6 Å². The van der Waals surface area contributed by atoms with Gasteiger partial charge in [0.2, 0.25) is 5.91 Å². The van der Waals surface area contributed by atoms with Crippen LogP contribution >= 0.6 is 0 Å². The topological polar surface area (TPSA) is 129 Å². The Bertz CT molecular complexity index is 844. The number of nitrogens with zero attached hydrogens (tertiary/aromatic N) is 2. The van der Waals surface area contributed by atoms with Crippen LogP contribution in [0.15, 0.2) is 24.3 Å². The Balaban J connectivity index is 2.11. The number of hydrogen-bond acceptors (Lipinski definition) is 6. The molecule has 2 N–H and O–H groups in total. The molecule has 0 unspecified atom stereocenters. The van der Waals surface area contributed by atoms with Crippen LogP contribution in [0.4, 0.5) is 4.79 Å². The van der Waals surface area contributed by atoms with E-state index in [1.807, 2.05) is 19.1 Å². The molecule has 152 valence electrons. The van der Waals surface area contributed by atoms with Crippen molar-refractivity contribution < 1.29 is 22.7 Å². The van der Waals surface area contributed by atoms with Crippen LogP contribution in [-0.2, 0) is 25.1 Å². The minimum Gasteiger partial charge on any atom is -0.378 e. The van der Waals surface area contributed by atoms with Gasteiger partial charge in [-0.1, -0.05) is 24.3 Å². The Morgan fingerprint density at radius 1 is 1.29 bits per heavy atom. The zero-order chi connectivity index (χ0) is 20.6. The summed E-state index contributed by atoms with van der Waals surface area (Å²) >= 11 is 0. The molecule has 1 fully saturated rings. The summed E-state index contributed by atoms with van der Waals surface area (Å²) in [6, 6.07) is 7.01. The maximum Gasteiger partial charge on any atom is 0.318 e. The molecule has 1 atom stereocenters. The van der Waals surface area contributed by atoms with Crippen molar-refractivity contribution in [3.8, 4) is 6.07 Å². The molecule has 1 aromatic rings. The van der Waals surface area contributed by atoms with Gasteiger partial charge in [-0.15, -0.1) is 0 Å². The van der Waals surface area contributed by atoms with Gasteiger partial charge >= 0.3 is 6.03 Å². The fourth-order valence-electron chi connectivity index (χ4n) is 2.76. The van der Waals surface area contributed by atoms with Crippen LogP contribution in [0.2, 0.25) is 0 Å². The number of sulfone groups is 1. The standard InChI is InChI=1S/C18H24N4O5S/c1-14-4-2-3-5-15(14)12-28(25,26)13-16(17(23)20-7-6-19)21-18(24)22-8-10-27-11-9-22/h2-5,16H,7-13H2,1H3,(H,20,23)(H,21,24)/t16-/m0/s1. The lowest BCUT2D eigenvalue weighted by Crippen LogP contribution is -2.55. The number of carbonyl (C=O) groups is 2. The quantitative estimate of drug-likeness (QED) is 0.609. The van der Waals surface area contributed by atoms with Gasteiger partial charge in [0, 0.05) is 13.1 Å². The number of hydrogen-bond donors (Lipinski definition) is 2. The van der Waals surface area contributed by atoms with E-state index in [-0.39, 0.29) is 12.3 Å². The van der Waals surface area contributed by atoms with E-state index in [4.69, 9.17) is 10.00 Å². The van der Waals surface area contributed by atoms with E-state index in [1.54, 1.807) is 18.2 Å². The third-order valence-corrected chi connectivity index (χ3v) is 5.90. The largest absolute Gasteiger partial charge is 0.378 e. The zero-order valence-electron chi connectivity index (χ0n) is 15.7. The summed E-state index contributed by atoms with van der Waals surface area (Å²) < 4.78 is 30.5. The van der Waals surface area contributed by atoms with Crippen LogP contribution in [-0.4, -0.2) is 69.9 Å². The summed E-state index contributed by atoms with van der Waals surface area (Å²) in [4.78, 5) is 26.2. The lowest BCUT2D eigenvalue weighted by molar-refractivity contribution is -0.122. The molecule has 10 heteroatoms. The maximum absolute atomic E-state index is 12.7. The highest BCUT2D eigenvalue weighted by Crippen LogP contribution is 2.13. The van der Waals surface area contributed by atoms with Gasteiger partial charge in [0.25, 0.3) is 0 Å². The van der Waals surface area contributed by atoms with Crippen molar-refractivity contribution in [2.24, 2.45) is 0 Å². The van der Waals surface area contributed by atoms with Crippen LogP contribution in [0.1, 0.15) is 11.1 Å². The number of urea groups is 1. The lowest BCUT2D eigenvalue weighted by Gasteiger charge is -2.29. The van der Waals surface area contributed by atoms with Crippen LogP contribution in [0.3, 0.4) is 0 Å². The van der Waals surface area contributed by atoms with Crippen molar-refractivity contribution in [2.45, 2.75) is 18.7 Å². The molecule has 1 aromatic carbocycles. The normalized spacial score (nSPS) is 15.4. The molecule has 0 spiro atoms. The van der Waals surface area contributed by atoms with Crippen LogP contribution < -0.4 is 10.6 Å². The smallest absolute Gasteiger partial charge is 0.318 e. The summed E-state index contributed by atoms with van der Waals surface area (Å²) in [5.41, 5.74) is 1.46. The van der Waals surface area contributed by atoms with Crippen molar-refractivity contribution in [1.29, 1.82) is 5.26 Å². The first kappa shape index (κ1) is 21.7. The Morgan fingerprint density at radius 2 is 1.96 bits per heavy atom. The minimum absolute atomic E-state index is 0.241. The number of aryl methyl sites for hydroxylation is 1. The number of morpholine rings is 1. The second-order valence-corrected chi connectivity index (χ2v) is 8.57. The molecule has 0 bridgehead atoms. The molecule has 0 aliphatic carbocycles. The van der Waals surface area contributed by atoms with E-state index in [1.165, 1.54) is 4.90 Å². The van der Waals surface area contributed by atoms with Gasteiger partial charge in [-0.05, 0) is 18.1 Å². The van der Waals surface area contributed by atoms with Crippen LogP contribution in [0.5, 0.6) is 0 Å². The van der Waals surface area contributed by atoms with Gasteiger partial charge in [-0.3, -0.25) is 4.79 Å². The second-order valence-electron chi connectivity index (χ2n) is 6.46. The third kappa shape index (κ3) is 6.51. The van der Waals surface area contributed by atoms with Crippen molar-refractivity contribution >= 4 is 21.8 Å². The molecule has 0 aromatic heterocycles.